The van der Waals surface area contributed by atoms with Crippen LogP contribution < -0.4 is 10.1 Å². The van der Waals surface area contributed by atoms with Gasteiger partial charge in [0.1, 0.15) is 10.6 Å². The van der Waals surface area contributed by atoms with E-state index in [1.807, 2.05) is 37.3 Å². The summed E-state index contributed by atoms with van der Waals surface area (Å²) in [7, 11) is 0. The van der Waals surface area contributed by atoms with Crippen molar-refractivity contribution < 1.29 is 14.6 Å². The van der Waals surface area contributed by atoms with Crippen LogP contribution in [0.4, 0.5) is 5.69 Å². The third-order valence-corrected chi connectivity index (χ3v) is 4.16. The molecular weight excluding hydrogens is 286 g/mol. The zero-order chi connectivity index (χ0) is 15.2. The minimum atomic E-state index is -0.879. The predicted octanol–water partition coefficient (Wildman–Crippen LogP) is 4.24. The van der Waals surface area contributed by atoms with Crippen molar-refractivity contribution in [3.63, 3.8) is 0 Å². The van der Waals surface area contributed by atoms with E-state index in [-0.39, 0.29) is 6.10 Å². The van der Waals surface area contributed by atoms with Crippen molar-refractivity contribution in [3.05, 3.63) is 46.2 Å². The first-order valence-electron chi connectivity index (χ1n) is 6.91. The molecule has 2 N–H and O–H groups in total. The summed E-state index contributed by atoms with van der Waals surface area (Å²) in [6, 6.07) is 11.3. The largest absolute Gasteiger partial charge is 0.491 e. The number of benzene rings is 1. The molecule has 112 valence electrons. The van der Waals surface area contributed by atoms with E-state index in [0.717, 1.165) is 22.7 Å². The lowest BCUT2D eigenvalue weighted by molar-refractivity contribution is 0.0702. The van der Waals surface area contributed by atoms with Gasteiger partial charge in [0.25, 0.3) is 0 Å². The van der Waals surface area contributed by atoms with Crippen LogP contribution in [0.25, 0.3) is 0 Å². The quantitative estimate of drug-likeness (QED) is 0.803. The number of carboxylic acid groups (broad SMARTS) is 1. The molecule has 2 rings (SSSR count). The molecule has 0 saturated carbocycles. The molecule has 0 radical (unpaired) electrons. The van der Waals surface area contributed by atoms with Gasteiger partial charge in [-0.15, -0.1) is 11.3 Å². The molecule has 1 atom stereocenters. The van der Waals surface area contributed by atoms with Crippen LogP contribution in [-0.2, 0) is 6.54 Å². The van der Waals surface area contributed by atoms with E-state index in [2.05, 4.69) is 12.2 Å². The van der Waals surface area contributed by atoms with Crippen LogP contribution in [0.2, 0.25) is 0 Å². The Kier molecular flexibility index (Phi) is 5.22. The second-order valence-electron chi connectivity index (χ2n) is 4.79. The summed E-state index contributed by atoms with van der Waals surface area (Å²) in [5.74, 6) is -0.0399. The maximum Gasteiger partial charge on any atom is 0.345 e. The van der Waals surface area contributed by atoms with Gasteiger partial charge in [-0.1, -0.05) is 13.0 Å². The Hall–Kier alpha value is -2.01. The maximum atomic E-state index is 10.8. The van der Waals surface area contributed by atoms with Crippen LogP contribution in [0.5, 0.6) is 5.75 Å². The van der Waals surface area contributed by atoms with Crippen LogP contribution in [0.15, 0.2) is 36.4 Å². The normalized spacial score (nSPS) is 11.9. The average molecular weight is 305 g/mol. The Morgan fingerprint density at radius 3 is 2.86 bits per heavy atom. The number of carboxylic acids is 1. The highest BCUT2D eigenvalue weighted by Crippen LogP contribution is 2.21. The molecule has 0 aliphatic carbocycles. The van der Waals surface area contributed by atoms with Gasteiger partial charge in [-0.3, -0.25) is 0 Å². The van der Waals surface area contributed by atoms with Gasteiger partial charge in [-0.2, -0.15) is 0 Å². The van der Waals surface area contributed by atoms with E-state index in [1.54, 1.807) is 6.07 Å². The molecule has 1 unspecified atom stereocenters. The van der Waals surface area contributed by atoms with Crippen molar-refractivity contribution in [1.82, 2.24) is 0 Å². The van der Waals surface area contributed by atoms with Crippen molar-refractivity contribution in [2.75, 3.05) is 5.32 Å². The van der Waals surface area contributed by atoms with E-state index >= 15 is 0 Å². The van der Waals surface area contributed by atoms with E-state index in [0.29, 0.717) is 11.4 Å². The molecule has 4 nitrogen and oxygen atoms in total. The molecule has 0 spiro atoms. The summed E-state index contributed by atoms with van der Waals surface area (Å²) in [5, 5.41) is 12.2. The Morgan fingerprint density at radius 1 is 1.38 bits per heavy atom. The number of carbonyl (C=O) groups is 1. The minimum absolute atomic E-state index is 0.190. The standard InChI is InChI=1S/C16H19NO3S/c1-3-11(2)20-13-6-4-5-12(9-13)17-10-14-7-8-15(21-14)16(18)19/h4-9,11,17H,3,10H2,1-2H3,(H,18,19). The number of nitrogens with one attached hydrogen (secondary N) is 1. The van der Waals surface area contributed by atoms with Gasteiger partial charge in [0.2, 0.25) is 0 Å². The summed E-state index contributed by atoms with van der Waals surface area (Å²) < 4.78 is 5.78. The molecule has 5 heteroatoms. The zero-order valence-electron chi connectivity index (χ0n) is 12.1. The molecule has 1 aromatic carbocycles. The molecule has 0 aliphatic rings. The summed E-state index contributed by atoms with van der Waals surface area (Å²) in [6.07, 6.45) is 1.15. The molecule has 0 aliphatic heterocycles. The molecule has 2 aromatic rings. The summed E-state index contributed by atoms with van der Waals surface area (Å²) in [6.45, 7) is 4.73. The van der Waals surface area contributed by atoms with Crippen LogP contribution >= 0.6 is 11.3 Å². The summed E-state index contributed by atoms with van der Waals surface area (Å²) >= 11 is 1.29. The van der Waals surface area contributed by atoms with Crippen molar-refractivity contribution in [3.8, 4) is 5.75 Å². The number of anilines is 1. The first-order chi connectivity index (χ1) is 10.1. The highest BCUT2D eigenvalue weighted by molar-refractivity contribution is 7.13. The van der Waals surface area contributed by atoms with Crippen molar-refractivity contribution in [2.24, 2.45) is 0 Å². The van der Waals surface area contributed by atoms with E-state index in [4.69, 9.17) is 9.84 Å². The van der Waals surface area contributed by atoms with Crippen LogP contribution in [-0.4, -0.2) is 17.2 Å². The second-order valence-corrected chi connectivity index (χ2v) is 5.96. The first kappa shape index (κ1) is 15.4. The number of hydrogen-bond acceptors (Lipinski definition) is 4. The minimum Gasteiger partial charge on any atom is -0.491 e. The molecule has 1 heterocycles. The van der Waals surface area contributed by atoms with Gasteiger partial charge < -0.3 is 15.2 Å². The smallest absolute Gasteiger partial charge is 0.345 e. The summed E-state index contributed by atoms with van der Waals surface area (Å²) in [5.41, 5.74) is 0.959. The van der Waals surface area contributed by atoms with Gasteiger partial charge in [-0.25, -0.2) is 4.79 Å². The molecule has 0 saturated heterocycles. The number of aromatic carboxylic acids is 1. The number of ether oxygens (including phenoxy) is 1. The van der Waals surface area contributed by atoms with Gasteiger partial charge in [0, 0.05) is 23.2 Å². The maximum absolute atomic E-state index is 10.8. The molecule has 1 aromatic heterocycles. The first-order valence-corrected chi connectivity index (χ1v) is 7.72. The van der Waals surface area contributed by atoms with Gasteiger partial charge in [0.05, 0.1) is 6.10 Å². The van der Waals surface area contributed by atoms with Gasteiger partial charge in [-0.05, 0) is 37.6 Å². The Morgan fingerprint density at radius 2 is 2.19 bits per heavy atom. The van der Waals surface area contributed by atoms with Gasteiger partial charge in [0.15, 0.2) is 0 Å². The predicted molar refractivity (Wildman–Crippen MR) is 85.4 cm³/mol. The summed E-state index contributed by atoms with van der Waals surface area (Å²) in [4.78, 5) is 12.2. The molecule has 0 amide bonds. The highest BCUT2D eigenvalue weighted by atomic mass is 32.1. The highest BCUT2D eigenvalue weighted by Gasteiger charge is 2.07. The van der Waals surface area contributed by atoms with Crippen LogP contribution in [0.3, 0.4) is 0 Å². The van der Waals surface area contributed by atoms with E-state index < -0.39 is 5.97 Å². The SMILES string of the molecule is CCC(C)Oc1cccc(NCc2ccc(C(=O)O)s2)c1. The van der Waals surface area contributed by atoms with Crippen molar-refractivity contribution in [1.29, 1.82) is 0 Å². The molecule has 0 fully saturated rings. The Balaban J connectivity index is 1.96. The Labute approximate surface area is 128 Å². The van der Waals surface area contributed by atoms with Gasteiger partial charge >= 0.3 is 5.97 Å². The lowest BCUT2D eigenvalue weighted by atomic mass is 10.2. The number of thiophene rings is 1. The lowest BCUT2D eigenvalue weighted by Crippen LogP contribution is -2.09. The fourth-order valence-corrected chi connectivity index (χ4v) is 2.56. The zero-order valence-corrected chi connectivity index (χ0v) is 12.9. The van der Waals surface area contributed by atoms with E-state index in [1.165, 1.54) is 11.3 Å². The fraction of sp³-hybridized carbons (Fsp3) is 0.312. The molecule has 21 heavy (non-hydrogen) atoms. The van der Waals surface area contributed by atoms with E-state index in [9.17, 15) is 4.79 Å². The van der Waals surface area contributed by atoms with Crippen molar-refractivity contribution in [2.45, 2.75) is 32.9 Å². The second kappa shape index (κ2) is 7.13. The number of hydrogen-bond donors (Lipinski definition) is 2. The lowest BCUT2D eigenvalue weighted by Gasteiger charge is -2.13. The fourth-order valence-electron chi connectivity index (χ4n) is 1.77. The van der Waals surface area contributed by atoms with Crippen molar-refractivity contribution >= 4 is 23.0 Å². The monoisotopic (exact) mass is 305 g/mol. The van der Waals surface area contributed by atoms with Crippen LogP contribution in [0, 0.1) is 0 Å². The third kappa shape index (κ3) is 4.49. The Bertz CT molecular complexity index is 609. The average Bonchev–Trinajstić information content (AvgIpc) is 2.94. The number of rotatable bonds is 7. The topological polar surface area (TPSA) is 58.6 Å². The van der Waals surface area contributed by atoms with Crippen LogP contribution in [0.1, 0.15) is 34.8 Å². The third-order valence-electron chi connectivity index (χ3n) is 3.09. The molecule has 0 bridgehead atoms. The molecular formula is C16H19NO3S.